The fourth-order valence-electron chi connectivity index (χ4n) is 2.50. The minimum atomic E-state index is -3.57. The molecule has 2 aromatic rings. The fraction of sp³-hybridized carbons (Fsp3) is 0.381. The SMILES string of the molecule is Cc1ccc(OCCCC(=O)NCCNS(=O)(=O)c2ccc(C)c(C)c2)cc1. The van der Waals surface area contributed by atoms with Gasteiger partial charge in [-0.2, -0.15) is 0 Å². The Morgan fingerprint density at radius 1 is 0.964 bits per heavy atom. The van der Waals surface area contributed by atoms with Crippen LogP contribution < -0.4 is 14.8 Å². The highest BCUT2D eigenvalue weighted by Gasteiger charge is 2.14. The summed E-state index contributed by atoms with van der Waals surface area (Å²) in [6, 6.07) is 12.8. The smallest absolute Gasteiger partial charge is 0.240 e. The van der Waals surface area contributed by atoms with E-state index >= 15 is 0 Å². The van der Waals surface area contributed by atoms with E-state index in [9.17, 15) is 13.2 Å². The van der Waals surface area contributed by atoms with Gasteiger partial charge in [0.05, 0.1) is 11.5 Å². The second kappa shape index (κ2) is 10.2. The molecule has 0 radical (unpaired) electrons. The highest BCUT2D eigenvalue weighted by Crippen LogP contribution is 2.14. The summed E-state index contributed by atoms with van der Waals surface area (Å²) < 4.78 is 32.6. The van der Waals surface area contributed by atoms with E-state index in [2.05, 4.69) is 10.0 Å². The van der Waals surface area contributed by atoms with Crippen molar-refractivity contribution in [2.75, 3.05) is 19.7 Å². The summed E-state index contributed by atoms with van der Waals surface area (Å²) in [5.41, 5.74) is 3.13. The molecule has 6 nitrogen and oxygen atoms in total. The van der Waals surface area contributed by atoms with Crippen LogP contribution in [0.3, 0.4) is 0 Å². The van der Waals surface area contributed by atoms with Crippen LogP contribution in [-0.4, -0.2) is 34.0 Å². The van der Waals surface area contributed by atoms with Gasteiger partial charge in [0.25, 0.3) is 0 Å². The van der Waals surface area contributed by atoms with Crippen molar-refractivity contribution in [3.8, 4) is 5.75 Å². The van der Waals surface area contributed by atoms with Gasteiger partial charge in [-0.25, -0.2) is 13.1 Å². The maximum atomic E-state index is 12.3. The third-order valence-corrected chi connectivity index (χ3v) is 5.82. The number of benzene rings is 2. The molecule has 0 atom stereocenters. The summed E-state index contributed by atoms with van der Waals surface area (Å²) >= 11 is 0. The van der Waals surface area contributed by atoms with Gasteiger partial charge in [0.2, 0.25) is 15.9 Å². The van der Waals surface area contributed by atoms with E-state index in [0.29, 0.717) is 19.4 Å². The Bertz CT molecular complexity index is 893. The molecule has 0 aromatic heterocycles. The van der Waals surface area contributed by atoms with Crippen LogP contribution in [0.4, 0.5) is 0 Å². The molecule has 1 amide bonds. The highest BCUT2D eigenvalue weighted by molar-refractivity contribution is 7.89. The standard InChI is InChI=1S/C21H28N2O4S/c1-16-6-9-19(10-7-16)27-14-4-5-21(24)22-12-13-23-28(25,26)20-11-8-17(2)18(3)15-20/h6-11,15,23H,4-5,12-14H2,1-3H3,(H,22,24). The van der Waals surface area contributed by atoms with Crippen molar-refractivity contribution in [2.45, 2.75) is 38.5 Å². The molecule has 0 bridgehead atoms. The van der Waals surface area contributed by atoms with Crippen LogP contribution in [0, 0.1) is 20.8 Å². The minimum absolute atomic E-state index is 0.127. The molecule has 0 fully saturated rings. The number of hydrogen-bond donors (Lipinski definition) is 2. The Kier molecular flexibility index (Phi) is 8.02. The molecule has 0 aliphatic carbocycles. The molecule has 2 rings (SSSR count). The fourth-order valence-corrected chi connectivity index (χ4v) is 3.61. The molecule has 152 valence electrons. The summed E-state index contributed by atoms with van der Waals surface area (Å²) in [7, 11) is -3.57. The van der Waals surface area contributed by atoms with Crippen LogP contribution in [0.25, 0.3) is 0 Å². The van der Waals surface area contributed by atoms with Gasteiger partial charge in [-0.3, -0.25) is 4.79 Å². The molecule has 2 aromatic carbocycles. The largest absolute Gasteiger partial charge is 0.494 e. The van der Waals surface area contributed by atoms with E-state index in [-0.39, 0.29) is 23.9 Å². The molecular weight excluding hydrogens is 376 g/mol. The van der Waals surface area contributed by atoms with Gasteiger partial charge in [0.15, 0.2) is 0 Å². The molecule has 0 saturated heterocycles. The van der Waals surface area contributed by atoms with Crippen molar-refractivity contribution >= 4 is 15.9 Å². The van der Waals surface area contributed by atoms with E-state index < -0.39 is 10.0 Å². The lowest BCUT2D eigenvalue weighted by molar-refractivity contribution is -0.121. The Morgan fingerprint density at radius 2 is 1.68 bits per heavy atom. The molecule has 0 heterocycles. The van der Waals surface area contributed by atoms with E-state index in [1.807, 2.05) is 45.0 Å². The average Bonchev–Trinajstić information content (AvgIpc) is 2.66. The van der Waals surface area contributed by atoms with Gasteiger partial charge in [-0.05, 0) is 62.6 Å². The van der Waals surface area contributed by atoms with Gasteiger partial charge in [0.1, 0.15) is 5.75 Å². The molecule has 0 saturated carbocycles. The second-order valence-electron chi connectivity index (χ2n) is 6.76. The highest BCUT2D eigenvalue weighted by atomic mass is 32.2. The molecule has 0 unspecified atom stereocenters. The first kappa shape index (κ1) is 21.9. The Morgan fingerprint density at radius 3 is 2.36 bits per heavy atom. The van der Waals surface area contributed by atoms with Crippen LogP contribution >= 0.6 is 0 Å². The number of hydrogen-bond acceptors (Lipinski definition) is 4. The topological polar surface area (TPSA) is 84.5 Å². The number of rotatable bonds is 10. The monoisotopic (exact) mass is 404 g/mol. The lowest BCUT2D eigenvalue weighted by atomic mass is 10.1. The van der Waals surface area contributed by atoms with Crippen molar-refractivity contribution in [2.24, 2.45) is 0 Å². The van der Waals surface area contributed by atoms with Gasteiger partial charge in [-0.1, -0.05) is 23.8 Å². The number of sulfonamides is 1. The van der Waals surface area contributed by atoms with Crippen molar-refractivity contribution in [1.29, 1.82) is 0 Å². The second-order valence-corrected chi connectivity index (χ2v) is 8.53. The summed E-state index contributed by atoms with van der Waals surface area (Å²) in [6.45, 7) is 6.64. The van der Waals surface area contributed by atoms with Gasteiger partial charge in [-0.15, -0.1) is 0 Å². The number of carbonyl (C=O) groups excluding carboxylic acids is 1. The normalized spacial score (nSPS) is 11.2. The predicted octanol–water partition coefficient (Wildman–Crippen LogP) is 2.87. The van der Waals surface area contributed by atoms with Gasteiger partial charge >= 0.3 is 0 Å². The number of carbonyl (C=O) groups is 1. The lowest BCUT2D eigenvalue weighted by Crippen LogP contribution is -2.34. The maximum Gasteiger partial charge on any atom is 0.240 e. The summed E-state index contributed by atoms with van der Waals surface area (Å²) in [4.78, 5) is 12.1. The van der Waals surface area contributed by atoms with Crippen LogP contribution in [0.2, 0.25) is 0 Å². The van der Waals surface area contributed by atoms with E-state index in [0.717, 1.165) is 16.9 Å². The van der Waals surface area contributed by atoms with Crippen LogP contribution in [-0.2, 0) is 14.8 Å². The number of amides is 1. The minimum Gasteiger partial charge on any atom is -0.494 e. The van der Waals surface area contributed by atoms with Crippen LogP contribution in [0.5, 0.6) is 5.75 Å². The molecule has 28 heavy (non-hydrogen) atoms. The molecule has 0 aliphatic rings. The van der Waals surface area contributed by atoms with Crippen LogP contribution in [0.1, 0.15) is 29.5 Å². The molecular formula is C21H28N2O4S. The lowest BCUT2D eigenvalue weighted by Gasteiger charge is -2.10. The van der Waals surface area contributed by atoms with Crippen molar-refractivity contribution in [3.63, 3.8) is 0 Å². The Hall–Kier alpha value is -2.38. The number of nitrogens with one attached hydrogen (secondary N) is 2. The zero-order valence-corrected chi connectivity index (χ0v) is 17.4. The van der Waals surface area contributed by atoms with Crippen molar-refractivity contribution in [3.05, 3.63) is 59.2 Å². The Labute approximate surface area is 167 Å². The van der Waals surface area contributed by atoms with Gasteiger partial charge < -0.3 is 10.1 Å². The number of ether oxygens (including phenoxy) is 1. The summed E-state index contributed by atoms with van der Waals surface area (Å²) in [5.74, 6) is 0.657. The van der Waals surface area contributed by atoms with Crippen molar-refractivity contribution < 1.29 is 17.9 Å². The third-order valence-electron chi connectivity index (χ3n) is 4.37. The molecule has 0 aliphatic heterocycles. The van der Waals surface area contributed by atoms with Crippen molar-refractivity contribution in [1.82, 2.24) is 10.0 Å². The maximum absolute atomic E-state index is 12.3. The van der Waals surface area contributed by atoms with E-state index in [1.54, 1.807) is 18.2 Å². The predicted molar refractivity (Wildman–Crippen MR) is 110 cm³/mol. The Balaban J connectivity index is 1.63. The molecule has 2 N–H and O–H groups in total. The number of aryl methyl sites for hydroxylation is 3. The van der Waals surface area contributed by atoms with Gasteiger partial charge in [0, 0.05) is 19.5 Å². The molecule has 0 spiro atoms. The molecule has 7 heteroatoms. The first-order chi connectivity index (χ1) is 13.3. The van der Waals surface area contributed by atoms with E-state index in [1.165, 1.54) is 5.56 Å². The summed E-state index contributed by atoms with van der Waals surface area (Å²) in [6.07, 6.45) is 0.920. The van der Waals surface area contributed by atoms with Crippen LogP contribution in [0.15, 0.2) is 47.4 Å². The third kappa shape index (κ3) is 6.98. The summed E-state index contributed by atoms with van der Waals surface area (Å²) in [5, 5.41) is 2.71. The quantitative estimate of drug-likeness (QED) is 0.597. The first-order valence-electron chi connectivity index (χ1n) is 9.31. The average molecular weight is 405 g/mol. The zero-order valence-electron chi connectivity index (χ0n) is 16.6. The zero-order chi connectivity index (χ0) is 20.6. The van der Waals surface area contributed by atoms with E-state index in [4.69, 9.17) is 4.74 Å². The first-order valence-corrected chi connectivity index (χ1v) is 10.8.